The van der Waals surface area contributed by atoms with Gasteiger partial charge in [0.25, 0.3) is 0 Å². The van der Waals surface area contributed by atoms with Crippen LogP contribution in [0.1, 0.15) is 5.82 Å². The quantitative estimate of drug-likeness (QED) is 0.712. The number of halogens is 2. The van der Waals surface area contributed by atoms with Gasteiger partial charge in [0.05, 0.1) is 18.7 Å². The van der Waals surface area contributed by atoms with Crippen molar-refractivity contribution in [1.29, 1.82) is 0 Å². The Morgan fingerprint density at radius 2 is 1.84 bits per heavy atom. The number of morpholine rings is 1. The molecule has 1 saturated heterocycles. The second-order valence-corrected chi connectivity index (χ2v) is 6.07. The molecule has 6 heteroatoms. The lowest BCUT2D eigenvalue weighted by molar-refractivity contribution is 0.122. The largest absolute Gasteiger partial charge is 0.378 e. The highest BCUT2D eigenvalue weighted by Gasteiger charge is 2.17. The molecule has 0 aliphatic carbocycles. The summed E-state index contributed by atoms with van der Waals surface area (Å²) in [4.78, 5) is 10.9. The number of nitrogens with zero attached hydrogens (tertiary/aromatic N) is 3. The van der Waals surface area contributed by atoms with E-state index in [0.29, 0.717) is 30.2 Å². The molecular formula is C19H17F2N3O. The van der Waals surface area contributed by atoms with Gasteiger partial charge in [-0.15, -0.1) is 0 Å². The van der Waals surface area contributed by atoms with E-state index in [0.717, 1.165) is 35.7 Å². The Kier molecular flexibility index (Phi) is 4.05. The lowest BCUT2D eigenvalue weighted by atomic mass is 9.99. The SMILES string of the molecule is Cc1ncc2c(-c3ccc(F)cc3F)cc(N3CCOCC3)cc2n1. The van der Waals surface area contributed by atoms with Gasteiger partial charge in [0.15, 0.2) is 0 Å². The van der Waals surface area contributed by atoms with Gasteiger partial charge in [-0.05, 0) is 36.8 Å². The van der Waals surface area contributed by atoms with Crippen LogP contribution < -0.4 is 4.90 Å². The Hall–Kier alpha value is -2.60. The second kappa shape index (κ2) is 6.37. The van der Waals surface area contributed by atoms with Crippen LogP contribution in [0.2, 0.25) is 0 Å². The molecule has 0 atom stereocenters. The first kappa shape index (κ1) is 15.9. The van der Waals surface area contributed by atoms with Crippen LogP contribution in [-0.4, -0.2) is 36.3 Å². The predicted octanol–water partition coefficient (Wildman–Crippen LogP) is 3.72. The van der Waals surface area contributed by atoms with Gasteiger partial charge in [0, 0.05) is 42.0 Å². The van der Waals surface area contributed by atoms with E-state index in [1.165, 1.54) is 12.1 Å². The number of aryl methyl sites for hydroxylation is 1. The van der Waals surface area contributed by atoms with Crippen LogP contribution in [0.4, 0.5) is 14.5 Å². The van der Waals surface area contributed by atoms with E-state index in [4.69, 9.17) is 4.74 Å². The summed E-state index contributed by atoms with van der Waals surface area (Å²) in [7, 11) is 0. The van der Waals surface area contributed by atoms with Crippen LogP contribution in [0.25, 0.3) is 22.0 Å². The smallest absolute Gasteiger partial charge is 0.133 e. The highest BCUT2D eigenvalue weighted by molar-refractivity contribution is 5.97. The molecule has 0 radical (unpaired) electrons. The van der Waals surface area contributed by atoms with Crippen LogP contribution in [0.15, 0.2) is 36.5 Å². The van der Waals surface area contributed by atoms with Crippen molar-refractivity contribution >= 4 is 16.6 Å². The maximum atomic E-state index is 14.4. The molecule has 2 aromatic carbocycles. The van der Waals surface area contributed by atoms with Crippen molar-refractivity contribution < 1.29 is 13.5 Å². The molecule has 4 rings (SSSR count). The minimum atomic E-state index is -0.596. The summed E-state index contributed by atoms with van der Waals surface area (Å²) in [5, 5.41) is 0.744. The zero-order valence-electron chi connectivity index (χ0n) is 13.8. The minimum Gasteiger partial charge on any atom is -0.378 e. The molecule has 128 valence electrons. The molecule has 0 bridgehead atoms. The number of ether oxygens (including phenoxy) is 1. The van der Waals surface area contributed by atoms with E-state index >= 15 is 0 Å². The molecule has 0 amide bonds. The molecular weight excluding hydrogens is 324 g/mol. The zero-order valence-corrected chi connectivity index (χ0v) is 13.8. The number of fused-ring (bicyclic) bond motifs is 1. The number of hydrogen-bond acceptors (Lipinski definition) is 4. The first-order valence-electron chi connectivity index (χ1n) is 8.17. The maximum absolute atomic E-state index is 14.4. The Morgan fingerprint density at radius 3 is 2.60 bits per heavy atom. The van der Waals surface area contributed by atoms with Crippen molar-refractivity contribution in [3.8, 4) is 11.1 Å². The number of benzene rings is 2. The second-order valence-electron chi connectivity index (χ2n) is 6.07. The highest BCUT2D eigenvalue weighted by Crippen LogP contribution is 2.34. The van der Waals surface area contributed by atoms with Crippen LogP contribution in [-0.2, 0) is 4.74 Å². The molecule has 25 heavy (non-hydrogen) atoms. The summed E-state index contributed by atoms with van der Waals surface area (Å²) in [5.41, 5.74) is 2.70. The first-order chi connectivity index (χ1) is 12.1. The van der Waals surface area contributed by atoms with Gasteiger partial charge in [-0.2, -0.15) is 0 Å². The lowest BCUT2D eigenvalue weighted by Gasteiger charge is -2.29. The first-order valence-corrected chi connectivity index (χ1v) is 8.17. The molecule has 1 aliphatic heterocycles. The molecule has 0 saturated carbocycles. The molecule has 1 fully saturated rings. The third-order valence-electron chi connectivity index (χ3n) is 4.40. The van der Waals surface area contributed by atoms with Gasteiger partial charge in [0.1, 0.15) is 17.5 Å². The summed E-state index contributed by atoms with van der Waals surface area (Å²) < 4.78 is 33.1. The summed E-state index contributed by atoms with van der Waals surface area (Å²) in [5.74, 6) is -0.542. The number of aromatic nitrogens is 2. The van der Waals surface area contributed by atoms with Crippen molar-refractivity contribution in [2.24, 2.45) is 0 Å². The fraction of sp³-hybridized carbons (Fsp3) is 0.263. The molecule has 4 nitrogen and oxygen atoms in total. The number of rotatable bonds is 2. The Labute approximate surface area is 144 Å². The Bertz CT molecular complexity index is 939. The molecule has 1 aromatic heterocycles. The van der Waals surface area contributed by atoms with Crippen LogP contribution in [0.5, 0.6) is 0 Å². The number of anilines is 1. The van der Waals surface area contributed by atoms with E-state index in [2.05, 4.69) is 14.9 Å². The molecule has 0 spiro atoms. The summed E-state index contributed by atoms with van der Waals surface area (Å²) in [6.45, 7) is 4.66. The van der Waals surface area contributed by atoms with E-state index in [1.54, 1.807) is 6.20 Å². The van der Waals surface area contributed by atoms with Crippen molar-refractivity contribution in [2.75, 3.05) is 31.2 Å². The van der Waals surface area contributed by atoms with Crippen molar-refractivity contribution in [3.05, 3.63) is 54.0 Å². The average molecular weight is 341 g/mol. The molecule has 2 heterocycles. The van der Waals surface area contributed by atoms with E-state index < -0.39 is 11.6 Å². The van der Waals surface area contributed by atoms with E-state index in [1.807, 2.05) is 19.1 Å². The van der Waals surface area contributed by atoms with Crippen molar-refractivity contribution in [3.63, 3.8) is 0 Å². The summed E-state index contributed by atoms with van der Waals surface area (Å²) in [6.07, 6.45) is 1.69. The van der Waals surface area contributed by atoms with Crippen LogP contribution >= 0.6 is 0 Å². The third-order valence-corrected chi connectivity index (χ3v) is 4.40. The van der Waals surface area contributed by atoms with E-state index in [9.17, 15) is 8.78 Å². The highest BCUT2D eigenvalue weighted by atomic mass is 19.1. The van der Waals surface area contributed by atoms with E-state index in [-0.39, 0.29) is 0 Å². The minimum absolute atomic E-state index is 0.342. The molecule has 0 unspecified atom stereocenters. The van der Waals surface area contributed by atoms with Gasteiger partial charge in [-0.3, -0.25) is 0 Å². The number of hydrogen-bond donors (Lipinski definition) is 0. The monoisotopic (exact) mass is 341 g/mol. The van der Waals surface area contributed by atoms with Gasteiger partial charge in [-0.25, -0.2) is 18.7 Å². The predicted molar refractivity (Wildman–Crippen MR) is 92.7 cm³/mol. The topological polar surface area (TPSA) is 38.2 Å². The fourth-order valence-electron chi connectivity index (χ4n) is 3.15. The molecule has 3 aromatic rings. The lowest BCUT2D eigenvalue weighted by Crippen LogP contribution is -2.36. The van der Waals surface area contributed by atoms with Gasteiger partial charge in [0.2, 0.25) is 0 Å². The average Bonchev–Trinajstić information content (AvgIpc) is 2.61. The Morgan fingerprint density at radius 1 is 1.04 bits per heavy atom. The normalized spacial score (nSPS) is 14.9. The summed E-state index contributed by atoms with van der Waals surface area (Å²) >= 11 is 0. The van der Waals surface area contributed by atoms with Gasteiger partial charge in [-0.1, -0.05) is 0 Å². The summed E-state index contributed by atoms with van der Waals surface area (Å²) in [6, 6.07) is 7.53. The van der Waals surface area contributed by atoms with Crippen LogP contribution in [0, 0.1) is 18.6 Å². The fourth-order valence-corrected chi connectivity index (χ4v) is 3.15. The van der Waals surface area contributed by atoms with Gasteiger partial charge < -0.3 is 9.64 Å². The van der Waals surface area contributed by atoms with Crippen molar-refractivity contribution in [2.45, 2.75) is 6.92 Å². The van der Waals surface area contributed by atoms with Crippen LogP contribution in [0.3, 0.4) is 0 Å². The molecule has 0 N–H and O–H groups in total. The molecule has 1 aliphatic rings. The third kappa shape index (κ3) is 3.05. The zero-order chi connectivity index (χ0) is 17.4. The van der Waals surface area contributed by atoms with Gasteiger partial charge >= 0.3 is 0 Å². The maximum Gasteiger partial charge on any atom is 0.133 e. The standard InChI is InChI=1S/C19H17F2N3O/c1-12-22-11-17-16(15-3-2-13(20)8-18(15)21)9-14(10-19(17)23-12)24-4-6-25-7-5-24/h2-3,8-11H,4-7H2,1H3. The Balaban J connectivity index is 1.94. The van der Waals surface area contributed by atoms with Crippen molar-refractivity contribution in [1.82, 2.24) is 9.97 Å².